The summed E-state index contributed by atoms with van der Waals surface area (Å²) in [5, 5.41) is 0. The maximum atomic E-state index is 12.1. The highest BCUT2D eigenvalue weighted by Crippen LogP contribution is 2.31. The van der Waals surface area contributed by atoms with Crippen molar-refractivity contribution in [3.05, 3.63) is 0 Å². The molecular formula is C14H26N2O2. The summed E-state index contributed by atoms with van der Waals surface area (Å²) < 4.78 is 0. The van der Waals surface area contributed by atoms with Crippen molar-refractivity contribution in [3.8, 4) is 0 Å². The van der Waals surface area contributed by atoms with Gasteiger partial charge in [0.05, 0.1) is 0 Å². The quantitative estimate of drug-likeness (QED) is 0.673. The number of rotatable bonds is 6. The van der Waals surface area contributed by atoms with Crippen LogP contribution in [0.3, 0.4) is 0 Å². The van der Waals surface area contributed by atoms with Gasteiger partial charge in [0.15, 0.2) is 0 Å². The molecule has 1 fully saturated rings. The van der Waals surface area contributed by atoms with Crippen molar-refractivity contribution in [2.24, 2.45) is 11.8 Å². The molecule has 0 bridgehead atoms. The van der Waals surface area contributed by atoms with Gasteiger partial charge in [0.1, 0.15) is 6.29 Å². The number of likely N-dealkylation sites (N-methyl/N-ethyl adjacent to an activating group) is 2. The Labute approximate surface area is 110 Å². The standard InChI is InChI=1S/C14H26N2O2/c1-15(2)8-9-16(3)14(18)10-12-6-4-5-7-13(12)11-17/h11-13H,4-10H2,1-3H3/t12-,13+/m0/s1. The second-order valence-electron chi connectivity index (χ2n) is 5.67. The first-order valence-electron chi connectivity index (χ1n) is 6.88. The van der Waals surface area contributed by atoms with E-state index in [1.807, 2.05) is 21.1 Å². The van der Waals surface area contributed by atoms with Gasteiger partial charge in [-0.05, 0) is 32.9 Å². The average molecular weight is 254 g/mol. The van der Waals surface area contributed by atoms with Crippen molar-refractivity contribution < 1.29 is 9.59 Å². The van der Waals surface area contributed by atoms with E-state index >= 15 is 0 Å². The molecule has 0 aromatic rings. The molecule has 4 nitrogen and oxygen atoms in total. The third-order valence-electron chi connectivity index (χ3n) is 3.89. The van der Waals surface area contributed by atoms with Crippen LogP contribution in [0.25, 0.3) is 0 Å². The Kier molecular flexibility index (Phi) is 6.33. The van der Waals surface area contributed by atoms with Crippen LogP contribution in [0.4, 0.5) is 0 Å². The van der Waals surface area contributed by atoms with Crippen molar-refractivity contribution in [1.29, 1.82) is 0 Å². The molecule has 0 saturated heterocycles. The van der Waals surface area contributed by atoms with E-state index in [1.54, 1.807) is 4.90 Å². The Bertz CT molecular complexity index is 279. The summed E-state index contributed by atoms with van der Waals surface area (Å²) in [6.07, 6.45) is 5.86. The number of nitrogens with zero attached hydrogens (tertiary/aromatic N) is 2. The van der Waals surface area contributed by atoms with E-state index in [-0.39, 0.29) is 17.7 Å². The average Bonchev–Trinajstić information content (AvgIpc) is 2.36. The largest absolute Gasteiger partial charge is 0.344 e. The molecule has 0 heterocycles. The van der Waals surface area contributed by atoms with Crippen LogP contribution in [0, 0.1) is 11.8 Å². The van der Waals surface area contributed by atoms with E-state index < -0.39 is 0 Å². The van der Waals surface area contributed by atoms with Gasteiger partial charge in [-0.3, -0.25) is 4.79 Å². The summed E-state index contributed by atoms with van der Waals surface area (Å²) in [5.74, 6) is 0.547. The summed E-state index contributed by atoms with van der Waals surface area (Å²) in [6, 6.07) is 0. The molecule has 0 N–H and O–H groups in total. The highest BCUT2D eigenvalue weighted by molar-refractivity contribution is 5.76. The van der Waals surface area contributed by atoms with Gasteiger partial charge < -0.3 is 14.6 Å². The first-order valence-corrected chi connectivity index (χ1v) is 6.88. The molecule has 1 saturated carbocycles. The van der Waals surface area contributed by atoms with Crippen LogP contribution >= 0.6 is 0 Å². The minimum atomic E-state index is 0.102. The second kappa shape index (κ2) is 7.52. The normalized spacial score (nSPS) is 24.0. The van der Waals surface area contributed by atoms with Crippen molar-refractivity contribution in [1.82, 2.24) is 9.80 Å². The zero-order valence-electron chi connectivity index (χ0n) is 11.9. The lowest BCUT2D eigenvalue weighted by Crippen LogP contribution is -2.36. The van der Waals surface area contributed by atoms with Crippen molar-refractivity contribution in [3.63, 3.8) is 0 Å². The Hall–Kier alpha value is -0.900. The number of carbonyl (C=O) groups excluding carboxylic acids is 2. The van der Waals surface area contributed by atoms with Crippen LogP contribution in [0.1, 0.15) is 32.1 Å². The minimum absolute atomic E-state index is 0.102. The zero-order valence-corrected chi connectivity index (χ0v) is 11.9. The van der Waals surface area contributed by atoms with Crippen LogP contribution in [0.2, 0.25) is 0 Å². The monoisotopic (exact) mass is 254 g/mol. The zero-order chi connectivity index (χ0) is 13.5. The molecule has 0 radical (unpaired) electrons. The lowest BCUT2D eigenvalue weighted by Gasteiger charge is -2.29. The van der Waals surface area contributed by atoms with Gasteiger partial charge in [0.25, 0.3) is 0 Å². The molecule has 0 aromatic heterocycles. The van der Waals surface area contributed by atoms with Crippen LogP contribution < -0.4 is 0 Å². The fourth-order valence-corrected chi connectivity index (χ4v) is 2.52. The van der Waals surface area contributed by atoms with E-state index in [4.69, 9.17) is 0 Å². The van der Waals surface area contributed by atoms with Gasteiger partial charge in [-0.15, -0.1) is 0 Å². The van der Waals surface area contributed by atoms with Crippen molar-refractivity contribution >= 4 is 12.2 Å². The molecule has 0 unspecified atom stereocenters. The van der Waals surface area contributed by atoms with E-state index in [2.05, 4.69) is 4.90 Å². The van der Waals surface area contributed by atoms with Crippen LogP contribution in [0.5, 0.6) is 0 Å². The third kappa shape index (κ3) is 4.77. The molecule has 2 atom stereocenters. The van der Waals surface area contributed by atoms with Gasteiger partial charge in [0, 0.05) is 32.5 Å². The smallest absolute Gasteiger partial charge is 0.222 e. The predicted octanol–water partition coefficient (Wildman–Crippen LogP) is 1.40. The number of aldehydes is 1. The van der Waals surface area contributed by atoms with Gasteiger partial charge in [-0.25, -0.2) is 0 Å². The predicted molar refractivity (Wildman–Crippen MR) is 72.3 cm³/mol. The molecule has 1 rings (SSSR count). The van der Waals surface area contributed by atoms with Crippen molar-refractivity contribution in [2.75, 3.05) is 34.2 Å². The first-order chi connectivity index (χ1) is 8.54. The lowest BCUT2D eigenvalue weighted by atomic mass is 9.78. The maximum Gasteiger partial charge on any atom is 0.222 e. The van der Waals surface area contributed by atoms with E-state index in [0.29, 0.717) is 6.42 Å². The third-order valence-corrected chi connectivity index (χ3v) is 3.89. The highest BCUT2D eigenvalue weighted by atomic mass is 16.2. The summed E-state index contributed by atoms with van der Waals surface area (Å²) in [7, 11) is 5.86. The molecular weight excluding hydrogens is 228 g/mol. The summed E-state index contributed by atoms with van der Waals surface area (Å²) in [6.45, 7) is 1.63. The van der Waals surface area contributed by atoms with Gasteiger partial charge >= 0.3 is 0 Å². The Morgan fingerprint density at radius 2 is 1.83 bits per heavy atom. The molecule has 1 aliphatic carbocycles. The number of hydrogen-bond donors (Lipinski definition) is 0. The van der Waals surface area contributed by atoms with E-state index in [1.165, 1.54) is 0 Å². The number of hydrogen-bond acceptors (Lipinski definition) is 3. The van der Waals surface area contributed by atoms with Crippen LogP contribution in [-0.2, 0) is 9.59 Å². The second-order valence-corrected chi connectivity index (χ2v) is 5.67. The van der Waals surface area contributed by atoms with Crippen molar-refractivity contribution in [2.45, 2.75) is 32.1 Å². The molecule has 1 amide bonds. The Morgan fingerprint density at radius 3 is 2.44 bits per heavy atom. The van der Waals surface area contributed by atoms with Gasteiger partial charge in [-0.2, -0.15) is 0 Å². The molecule has 18 heavy (non-hydrogen) atoms. The number of carbonyl (C=O) groups is 2. The summed E-state index contributed by atoms with van der Waals surface area (Å²) >= 11 is 0. The van der Waals surface area contributed by atoms with Gasteiger partial charge in [0.2, 0.25) is 5.91 Å². The Balaban J connectivity index is 2.39. The topological polar surface area (TPSA) is 40.6 Å². The summed E-state index contributed by atoms with van der Waals surface area (Å²) in [5.41, 5.74) is 0. The molecule has 0 aliphatic heterocycles. The van der Waals surface area contributed by atoms with E-state index in [0.717, 1.165) is 45.1 Å². The Morgan fingerprint density at radius 1 is 1.17 bits per heavy atom. The SMILES string of the molecule is CN(C)CCN(C)C(=O)C[C@@H]1CCCC[C@@H]1C=O. The maximum absolute atomic E-state index is 12.1. The first kappa shape index (κ1) is 15.2. The molecule has 0 spiro atoms. The minimum Gasteiger partial charge on any atom is -0.344 e. The van der Waals surface area contributed by atoms with Crippen LogP contribution in [0.15, 0.2) is 0 Å². The highest BCUT2D eigenvalue weighted by Gasteiger charge is 2.27. The molecule has 104 valence electrons. The molecule has 0 aromatic carbocycles. The van der Waals surface area contributed by atoms with Crippen LogP contribution in [-0.4, -0.2) is 56.2 Å². The van der Waals surface area contributed by atoms with Gasteiger partial charge in [-0.1, -0.05) is 12.8 Å². The lowest BCUT2D eigenvalue weighted by molar-refractivity contribution is -0.132. The fourth-order valence-electron chi connectivity index (χ4n) is 2.52. The fraction of sp³-hybridized carbons (Fsp3) is 0.857. The number of amides is 1. The molecule has 4 heteroatoms. The molecule has 1 aliphatic rings. The van der Waals surface area contributed by atoms with E-state index in [9.17, 15) is 9.59 Å². The summed E-state index contributed by atoms with van der Waals surface area (Å²) in [4.78, 5) is 26.9.